The number of methoxy groups -OCH3 is 1. The van der Waals surface area contributed by atoms with Gasteiger partial charge < -0.3 is 24.8 Å². The van der Waals surface area contributed by atoms with Gasteiger partial charge >= 0.3 is 0 Å². The Balaban J connectivity index is 0.00000450. The van der Waals surface area contributed by atoms with Crippen LogP contribution in [-0.4, -0.2) is 77.1 Å². The number of nitrogens with one attached hydrogen (secondary N) is 2. The van der Waals surface area contributed by atoms with Gasteiger partial charge in [0.1, 0.15) is 5.75 Å². The minimum absolute atomic E-state index is 0. The minimum Gasteiger partial charge on any atom is -0.493 e. The summed E-state index contributed by atoms with van der Waals surface area (Å²) in [5, 5.41) is 6.87. The van der Waals surface area contributed by atoms with Gasteiger partial charge in [-0.2, -0.15) is 0 Å². The first kappa shape index (κ1) is 26.9. The number of guanidine groups is 1. The topological polar surface area (TPSA) is 67.4 Å². The maximum atomic E-state index is 5.79. The Kier molecular flexibility index (Phi) is 14.1. The molecule has 0 aliphatic carbocycles. The molecule has 0 amide bonds. The fourth-order valence-electron chi connectivity index (χ4n) is 3.44. The van der Waals surface area contributed by atoms with Crippen molar-refractivity contribution in [3.8, 4) is 5.75 Å². The van der Waals surface area contributed by atoms with E-state index in [9.17, 15) is 0 Å². The third-order valence-electron chi connectivity index (χ3n) is 4.89. The maximum absolute atomic E-state index is 5.79. The Morgan fingerprint density at radius 2 is 2.00 bits per heavy atom. The van der Waals surface area contributed by atoms with Crippen molar-refractivity contribution in [1.29, 1.82) is 0 Å². The van der Waals surface area contributed by atoms with E-state index in [1.54, 1.807) is 14.2 Å². The molecule has 2 N–H and O–H groups in total. The number of hydrogen-bond acceptors (Lipinski definition) is 5. The van der Waals surface area contributed by atoms with Crippen LogP contribution >= 0.6 is 24.0 Å². The monoisotopic (exact) mass is 534 g/mol. The summed E-state index contributed by atoms with van der Waals surface area (Å²) >= 11 is 0. The van der Waals surface area contributed by atoms with Crippen LogP contribution in [0, 0.1) is 5.92 Å². The zero-order valence-electron chi connectivity index (χ0n) is 18.9. The van der Waals surface area contributed by atoms with Gasteiger partial charge in [0, 0.05) is 64.6 Å². The smallest absolute Gasteiger partial charge is 0.195 e. The van der Waals surface area contributed by atoms with Crippen molar-refractivity contribution in [3.05, 3.63) is 24.3 Å². The summed E-state index contributed by atoms with van der Waals surface area (Å²) in [7, 11) is 3.50. The molecule has 0 saturated carbocycles. The molecule has 1 aromatic carbocycles. The van der Waals surface area contributed by atoms with Gasteiger partial charge in [0.2, 0.25) is 0 Å². The summed E-state index contributed by atoms with van der Waals surface area (Å²) in [5.74, 6) is 2.25. The summed E-state index contributed by atoms with van der Waals surface area (Å²) in [6, 6.07) is 8.42. The van der Waals surface area contributed by atoms with Crippen molar-refractivity contribution >= 4 is 35.6 Å². The highest BCUT2D eigenvalue weighted by molar-refractivity contribution is 14.0. The average Bonchev–Trinajstić information content (AvgIpc) is 2.74. The Labute approximate surface area is 199 Å². The van der Waals surface area contributed by atoms with Crippen molar-refractivity contribution in [3.63, 3.8) is 0 Å². The van der Waals surface area contributed by atoms with Gasteiger partial charge in [-0.15, -0.1) is 24.0 Å². The zero-order chi connectivity index (χ0) is 20.9. The molecule has 1 saturated heterocycles. The molecule has 1 atom stereocenters. The molecule has 30 heavy (non-hydrogen) atoms. The number of hydrogen-bond donors (Lipinski definition) is 2. The molecule has 1 fully saturated rings. The lowest BCUT2D eigenvalue weighted by molar-refractivity contribution is 0.0133. The first-order chi connectivity index (χ1) is 14.1. The number of rotatable bonds is 11. The lowest BCUT2D eigenvalue weighted by Gasteiger charge is -2.35. The molecule has 1 aromatic rings. The van der Waals surface area contributed by atoms with E-state index in [0.717, 1.165) is 63.1 Å². The minimum atomic E-state index is 0. The highest BCUT2D eigenvalue weighted by Gasteiger charge is 2.22. The quantitative estimate of drug-likeness (QED) is 0.196. The van der Waals surface area contributed by atoms with Gasteiger partial charge in [-0.3, -0.25) is 9.89 Å². The fraction of sp³-hybridized carbons (Fsp3) is 0.682. The Bertz CT molecular complexity index is 610. The normalized spacial score (nSPS) is 16.1. The number of benzene rings is 1. The van der Waals surface area contributed by atoms with Crippen LogP contribution in [0.1, 0.15) is 26.7 Å². The molecule has 0 aromatic heterocycles. The van der Waals surface area contributed by atoms with Gasteiger partial charge in [0.15, 0.2) is 5.96 Å². The van der Waals surface area contributed by atoms with Crippen LogP contribution in [0.15, 0.2) is 29.3 Å². The molecular formula is C22H39IN4O3. The van der Waals surface area contributed by atoms with Crippen LogP contribution in [-0.2, 0) is 9.47 Å². The summed E-state index contributed by atoms with van der Waals surface area (Å²) in [5.41, 5.74) is 0.953. The van der Waals surface area contributed by atoms with Crippen LogP contribution in [0.5, 0.6) is 5.75 Å². The van der Waals surface area contributed by atoms with Gasteiger partial charge in [-0.1, -0.05) is 19.9 Å². The largest absolute Gasteiger partial charge is 0.493 e. The predicted molar refractivity (Wildman–Crippen MR) is 134 cm³/mol. The van der Waals surface area contributed by atoms with E-state index in [0.29, 0.717) is 25.2 Å². The van der Waals surface area contributed by atoms with Crippen LogP contribution in [0.4, 0.5) is 5.69 Å². The highest BCUT2D eigenvalue weighted by atomic mass is 127. The lowest BCUT2D eigenvalue weighted by atomic mass is 10.0. The van der Waals surface area contributed by atoms with Gasteiger partial charge in [0.25, 0.3) is 0 Å². The second-order valence-corrected chi connectivity index (χ2v) is 7.73. The summed E-state index contributed by atoms with van der Waals surface area (Å²) in [4.78, 5) is 6.92. The molecule has 172 valence electrons. The molecule has 1 aliphatic heterocycles. The van der Waals surface area contributed by atoms with E-state index in [4.69, 9.17) is 14.2 Å². The Morgan fingerprint density at radius 1 is 1.23 bits per heavy atom. The van der Waals surface area contributed by atoms with Gasteiger partial charge in [0.05, 0.1) is 19.8 Å². The summed E-state index contributed by atoms with van der Waals surface area (Å²) in [6.07, 6.45) is 2.02. The van der Waals surface area contributed by atoms with E-state index in [1.807, 2.05) is 24.3 Å². The standard InChI is InChI=1S/C22H38N4O3.HI/c1-18(2)15-20(26-9-13-28-14-10-26)17-24-22(23-3)25-19-7-5-8-21(16-19)29-12-6-11-27-4;/h5,7-8,16,18,20H,6,9-15,17H2,1-4H3,(H2,23,24,25);1H. The molecule has 1 heterocycles. The number of aliphatic imine (C=N–C) groups is 1. The van der Waals surface area contributed by atoms with E-state index < -0.39 is 0 Å². The van der Waals surface area contributed by atoms with Gasteiger partial charge in [-0.05, 0) is 24.5 Å². The maximum Gasteiger partial charge on any atom is 0.195 e. The number of anilines is 1. The van der Waals surface area contributed by atoms with Crippen LogP contribution in [0.3, 0.4) is 0 Å². The van der Waals surface area contributed by atoms with Crippen LogP contribution < -0.4 is 15.4 Å². The summed E-state index contributed by atoms with van der Waals surface area (Å²) < 4.78 is 16.4. The molecule has 0 bridgehead atoms. The average molecular weight is 534 g/mol. The molecule has 1 aliphatic rings. The van der Waals surface area contributed by atoms with Crippen molar-refractivity contribution in [2.45, 2.75) is 32.7 Å². The lowest BCUT2D eigenvalue weighted by Crippen LogP contribution is -2.50. The van der Waals surface area contributed by atoms with Crippen LogP contribution in [0.2, 0.25) is 0 Å². The van der Waals surface area contributed by atoms with Crippen molar-refractivity contribution in [1.82, 2.24) is 10.2 Å². The second kappa shape index (κ2) is 15.7. The van der Waals surface area contributed by atoms with Crippen molar-refractivity contribution in [2.24, 2.45) is 10.9 Å². The van der Waals surface area contributed by atoms with E-state index in [-0.39, 0.29) is 24.0 Å². The second-order valence-electron chi connectivity index (χ2n) is 7.73. The predicted octanol–water partition coefficient (Wildman–Crippen LogP) is 3.45. The Hall–Kier alpha value is -1.10. The molecule has 8 heteroatoms. The summed E-state index contributed by atoms with van der Waals surface area (Å²) in [6.45, 7) is 10.4. The zero-order valence-corrected chi connectivity index (χ0v) is 21.2. The third-order valence-corrected chi connectivity index (χ3v) is 4.89. The molecule has 0 radical (unpaired) electrons. The number of ether oxygens (including phenoxy) is 3. The van der Waals surface area contributed by atoms with Gasteiger partial charge in [-0.25, -0.2) is 0 Å². The third kappa shape index (κ3) is 10.3. The first-order valence-corrected chi connectivity index (χ1v) is 10.6. The molecule has 2 rings (SSSR count). The molecule has 1 unspecified atom stereocenters. The molecule has 0 spiro atoms. The van der Waals surface area contributed by atoms with Crippen molar-refractivity contribution in [2.75, 3.05) is 65.5 Å². The van der Waals surface area contributed by atoms with Crippen LogP contribution in [0.25, 0.3) is 0 Å². The Morgan fingerprint density at radius 3 is 2.67 bits per heavy atom. The molecular weight excluding hydrogens is 495 g/mol. The highest BCUT2D eigenvalue weighted by Crippen LogP contribution is 2.18. The first-order valence-electron chi connectivity index (χ1n) is 10.6. The number of halogens is 1. The van der Waals surface area contributed by atoms with E-state index in [1.165, 1.54) is 0 Å². The number of nitrogens with zero attached hydrogens (tertiary/aromatic N) is 2. The number of morpholine rings is 1. The SMILES string of the molecule is CN=C(NCC(CC(C)C)N1CCOCC1)Nc1cccc(OCCCOC)c1.I. The van der Waals surface area contributed by atoms with E-state index >= 15 is 0 Å². The fourth-order valence-corrected chi connectivity index (χ4v) is 3.44. The van der Waals surface area contributed by atoms with Crippen molar-refractivity contribution < 1.29 is 14.2 Å². The van der Waals surface area contributed by atoms with E-state index in [2.05, 4.69) is 34.4 Å². The molecule has 7 nitrogen and oxygen atoms in total.